The second-order valence-electron chi connectivity index (χ2n) is 12.2. The summed E-state index contributed by atoms with van der Waals surface area (Å²) in [5.74, 6) is 2.59. The molecule has 1 aromatic heterocycles. The number of rotatable bonds is 10. The highest BCUT2D eigenvalue weighted by Gasteiger charge is 2.53. The number of morpholine rings is 1. The van der Waals surface area contributed by atoms with Crippen molar-refractivity contribution in [1.82, 2.24) is 19.8 Å². The minimum Gasteiger partial charge on any atom is -0.491 e. The number of nitrogens with zero attached hydrogens (tertiary/aromatic N) is 4. The monoisotopic (exact) mass is 606 g/mol. The number of carbonyl (C=O) groups excluding carboxylic acids is 1. The predicted molar refractivity (Wildman–Crippen MR) is 164 cm³/mol. The first-order chi connectivity index (χ1) is 20.9. The van der Waals surface area contributed by atoms with E-state index in [1.54, 1.807) is 12.1 Å². The van der Waals surface area contributed by atoms with E-state index < -0.39 is 5.82 Å². The van der Waals surface area contributed by atoms with Gasteiger partial charge in [-0.15, -0.1) is 0 Å². The normalized spacial score (nSPS) is 26.6. The summed E-state index contributed by atoms with van der Waals surface area (Å²) in [6.07, 6.45) is 8.50. The fourth-order valence-corrected chi connectivity index (χ4v) is 7.21. The van der Waals surface area contributed by atoms with Gasteiger partial charge in [-0.25, -0.2) is 14.4 Å². The molecule has 9 nitrogen and oxygen atoms in total. The highest BCUT2D eigenvalue weighted by Crippen LogP contribution is 2.53. The van der Waals surface area contributed by atoms with Crippen LogP contribution in [-0.4, -0.2) is 84.3 Å². The zero-order valence-corrected chi connectivity index (χ0v) is 24.9. The molecule has 3 unspecified atom stereocenters. The number of benzene rings is 2. The zero-order chi connectivity index (χ0) is 29.5. The van der Waals surface area contributed by atoms with E-state index in [2.05, 4.69) is 37.4 Å². The average Bonchev–Trinajstić information content (AvgIpc) is 3.46. The maximum atomic E-state index is 13.7. The Morgan fingerprint density at radius 2 is 2.05 bits per heavy atom. The van der Waals surface area contributed by atoms with Gasteiger partial charge in [-0.3, -0.25) is 9.69 Å². The Morgan fingerprint density at radius 3 is 2.79 bits per heavy atom. The van der Waals surface area contributed by atoms with Crippen molar-refractivity contribution in [2.45, 2.75) is 31.4 Å². The van der Waals surface area contributed by atoms with E-state index in [4.69, 9.17) is 21.1 Å². The van der Waals surface area contributed by atoms with Crippen LogP contribution in [-0.2, 0) is 9.53 Å². The van der Waals surface area contributed by atoms with Gasteiger partial charge in [0.1, 0.15) is 23.7 Å². The van der Waals surface area contributed by atoms with Crippen molar-refractivity contribution in [1.29, 1.82) is 0 Å². The molecule has 5 aliphatic rings. The molecule has 0 radical (unpaired) electrons. The molecule has 8 rings (SSSR count). The quantitative estimate of drug-likeness (QED) is 0.308. The largest absolute Gasteiger partial charge is 0.491 e. The number of carbonyl (C=O) groups is 1. The summed E-state index contributed by atoms with van der Waals surface area (Å²) in [4.78, 5) is 26.8. The number of likely N-dealkylation sites (tertiary alicyclic amines) is 1. The van der Waals surface area contributed by atoms with Gasteiger partial charge in [-0.1, -0.05) is 17.7 Å². The third-order valence-electron chi connectivity index (χ3n) is 9.35. The highest BCUT2D eigenvalue weighted by molar-refractivity contribution is 6.31. The average molecular weight is 607 g/mol. The first-order valence-corrected chi connectivity index (χ1v) is 15.4. The Bertz CT molecular complexity index is 1540. The molecule has 5 heterocycles. The summed E-state index contributed by atoms with van der Waals surface area (Å²) in [6, 6.07) is 8.47. The van der Waals surface area contributed by atoms with Gasteiger partial charge >= 0.3 is 0 Å². The molecule has 0 spiro atoms. The number of anilines is 3. The van der Waals surface area contributed by atoms with E-state index in [0.717, 1.165) is 57.3 Å². The maximum absolute atomic E-state index is 13.7. The number of hydrogen-bond acceptors (Lipinski definition) is 8. The lowest BCUT2D eigenvalue weighted by Gasteiger charge is -2.44. The van der Waals surface area contributed by atoms with Gasteiger partial charge in [0.25, 0.3) is 0 Å². The first-order valence-electron chi connectivity index (χ1n) is 15.1. The minimum atomic E-state index is -0.498. The van der Waals surface area contributed by atoms with Crippen LogP contribution in [0.1, 0.15) is 19.3 Å². The first kappa shape index (κ1) is 28.5. The fraction of sp³-hybridized carbons (Fsp3) is 0.469. The minimum absolute atomic E-state index is 0.00939. The lowest BCUT2D eigenvalue weighted by atomic mass is 9.97. The number of ether oxygens (including phenoxy) is 2. The number of aromatic nitrogens is 2. The van der Waals surface area contributed by atoms with Crippen LogP contribution < -0.4 is 15.4 Å². The summed E-state index contributed by atoms with van der Waals surface area (Å²) in [7, 11) is 2.18. The SMILES string of the molecule is CN1C[C@@H]2C(CCOc3cc4ncnc(Nc5ccc(F)c(Cl)c5)c4cc3NC(=O)C=CCN3CC4CCC3CO4)[C@@H]2C1. The highest BCUT2D eigenvalue weighted by atomic mass is 35.5. The number of amides is 1. The molecule has 226 valence electrons. The van der Waals surface area contributed by atoms with Crippen LogP contribution in [0, 0.1) is 23.6 Å². The van der Waals surface area contributed by atoms with Gasteiger partial charge in [0.15, 0.2) is 0 Å². The molecule has 4 aliphatic heterocycles. The summed E-state index contributed by atoms with van der Waals surface area (Å²) < 4.78 is 25.8. The van der Waals surface area contributed by atoms with E-state index in [1.165, 1.54) is 18.5 Å². The Morgan fingerprint density at radius 1 is 1.19 bits per heavy atom. The van der Waals surface area contributed by atoms with Gasteiger partial charge in [0, 0.05) is 55.4 Å². The van der Waals surface area contributed by atoms with Crippen molar-refractivity contribution in [2.75, 3.05) is 57.1 Å². The van der Waals surface area contributed by atoms with E-state index >= 15 is 0 Å². The van der Waals surface area contributed by atoms with Crippen molar-refractivity contribution in [3.8, 4) is 5.75 Å². The molecule has 1 aliphatic carbocycles. The second-order valence-corrected chi connectivity index (χ2v) is 12.6. The van der Waals surface area contributed by atoms with Crippen molar-refractivity contribution in [3.05, 3.63) is 59.7 Å². The molecule has 11 heteroatoms. The van der Waals surface area contributed by atoms with Crippen molar-refractivity contribution >= 4 is 45.6 Å². The third-order valence-corrected chi connectivity index (χ3v) is 9.64. The molecule has 1 amide bonds. The number of piperidine rings is 2. The van der Waals surface area contributed by atoms with Crippen molar-refractivity contribution < 1.29 is 18.7 Å². The Hall–Kier alpha value is -3.31. The lowest BCUT2D eigenvalue weighted by molar-refractivity contribution is -0.112. The van der Waals surface area contributed by atoms with Crippen molar-refractivity contribution in [2.24, 2.45) is 17.8 Å². The van der Waals surface area contributed by atoms with Crippen LogP contribution in [0.2, 0.25) is 5.02 Å². The maximum Gasteiger partial charge on any atom is 0.248 e. The topological polar surface area (TPSA) is 91.8 Å². The zero-order valence-electron chi connectivity index (χ0n) is 24.1. The molecule has 5 atom stereocenters. The lowest BCUT2D eigenvalue weighted by Crippen LogP contribution is -2.54. The third kappa shape index (κ3) is 6.20. The van der Waals surface area contributed by atoms with Gasteiger partial charge in [0.05, 0.1) is 35.5 Å². The number of hydrogen-bond donors (Lipinski definition) is 2. The van der Waals surface area contributed by atoms with E-state index in [9.17, 15) is 9.18 Å². The molecule has 2 N–H and O–H groups in total. The Labute approximate surface area is 255 Å². The summed E-state index contributed by atoms with van der Waals surface area (Å²) >= 11 is 5.99. The van der Waals surface area contributed by atoms with Crippen LogP contribution in [0.4, 0.5) is 21.6 Å². The Balaban J connectivity index is 1.09. The summed E-state index contributed by atoms with van der Waals surface area (Å²) in [6.45, 7) is 5.28. The molecule has 2 bridgehead atoms. The molecule has 2 aromatic carbocycles. The summed E-state index contributed by atoms with van der Waals surface area (Å²) in [5, 5.41) is 6.92. The van der Waals surface area contributed by atoms with Crippen molar-refractivity contribution in [3.63, 3.8) is 0 Å². The predicted octanol–water partition coefficient (Wildman–Crippen LogP) is 5.10. The standard InChI is InChI=1S/C32H36ClFN6O3/c1-39-15-24-22(25(24)16-39)8-10-42-30-13-28-23(32(36-18-35-28)37-19-4-7-27(34)26(33)11-19)12-29(30)38-31(41)3-2-9-40-14-21-6-5-20(40)17-43-21/h2-4,7,11-13,18,20-22,24-25H,5-6,8-10,14-17H2,1H3,(H,38,41)(H,35,36,37)/t20?,21?,22?,24-,25+. The van der Waals surface area contributed by atoms with Gasteiger partial charge in [-0.2, -0.15) is 0 Å². The van der Waals surface area contributed by atoms with E-state index in [1.807, 2.05) is 18.2 Å². The molecule has 1 saturated carbocycles. The van der Waals surface area contributed by atoms with Crippen LogP contribution in [0.5, 0.6) is 5.75 Å². The number of fused-ring (bicyclic) bond motifs is 5. The molecular weight excluding hydrogens is 571 g/mol. The van der Waals surface area contributed by atoms with Crippen LogP contribution >= 0.6 is 11.6 Å². The molecule has 5 fully saturated rings. The number of halogens is 2. The van der Waals surface area contributed by atoms with Gasteiger partial charge in [-0.05, 0) is 68.3 Å². The summed E-state index contributed by atoms with van der Waals surface area (Å²) in [5.41, 5.74) is 1.78. The Kier molecular flexibility index (Phi) is 7.94. The van der Waals surface area contributed by atoms with Gasteiger partial charge in [0.2, 0.25) is 5.91 Å². The fourth-order valence-electron chi connectivity index (χ4n) is 7.03. The molecule has 4 saturated heterocycles. The van der Waals surface area contributed by atoms with Crippen LogP contribution in [0.25, 0.3) is 10.9 Å². The van der Waals surface area contributed by atoms with Gasteiger partial charge < -0.3 is 25.0 Å². The molecule has 43 heavy (non-hydrogen) atoms. The van der Waals surface area contributed by atoms with Crippen LogP contribution in [0.3, 0.4) is 0 Å². The van der Waals surface area contributed by atoms with E-state index in [-0.39, 0.29) is 10.9 Å². The van der Waals surface area contributed by atoms with Crippen LogP contribution in [0.15, 0.2) is 48.8 Å². The molecular formula is C32H36ClFN6O3. The van der Waals surface area contributed by atoms with E-state index in [0.29, 0.717) is 65.1 Å². The smallest absolute Gasteiger partial charge is 0.248 e. The second kappa shape index (κ2) is 12.0. The molecule has 3 aromatic rings. The number of nitrogens with one attached hydrogen (secondary N) is 2.